The first-order valence-electron chi connectivity index (χ1n) is 9.22. The van der Waals surface area contributed by atoms with E-state index in [4.69, 9.17) is 13.9 Å². The van der Waals surface area contributed by atoms with Crippen LogP contribution in [0.15, 0.2) is 89.3 Å². The molecule has 4 rings (SSSR count). The lowest BCUT2D eigenvalue weighted by Gasteiger charge is -2.05. The third kappa shape index (κ3) is 3.79. The Bertz CT molecular complexity index is 1030. The van der Waals surface area contributed by atoms with Crippen molar-refractivity contribution in [3.8, 4) is 33.9 Å². The van der Waals surface area contributed by atoms with E-state index >= 15 is 0 Å². The smallest absolute Gasteiger partial charge is 0.134 e. The van der Waals surface area contributed by atoms with Crippen LogP contribution in [0.3, 0.4) is 0 Å². The van der Waals surface area contributed by atoms with Crippen LogP contribution in [0.25, 0.3) is 22.5 Å². The summed E-state index contributed by atoms with van der Waals surface area (Å²) < 4.78 is 16.9. The van der Waals surface area contributed by atoms with Gasteiger partial charge >= 0.3 is 0 Å². The molecule has 0 fully saturated rings. The summed E-state index contributed by atoms with van der Waals surface area (Å²) in [4.78, 5) is 0. The number of furan rings is 1. The molecular formula is C25H22O3. The molecule has 140 valence electrons. The van der Waals surface area contributed by atoms with E-state index < -0.39 is 0 Å². The highest BCUT2D eigenvalue weighted by atomic mass is 16.5. The SMILES string of the molecule is COc1ccc(-c2cc(-c3ccc(OC)cc3)c(Cc3ccccc3)o2)cc1. The van der Waals surface area contributed by atoms with Crippen molar-refractivity contribution >= 4 is 0 Å². The van der Waals surface area contributed by atoms with Crippen LogP contribution in [0.1, 0.15) is 11.3 Å². The first-order valence-corrected chi connectivity index (χ1v) is 9.22. The van der Waals surface area contributed by atoms with Crippen LogP contribution in [0, 0.1) is 0 Å². The molecule has 0 aliphatic rings. The van der Waals surface area contributed by atoms with Gasteiger partial charge in [-0.3, -0.25) is 0 Å². The van der Waals surface area contributed by atoms with Gasteiger partial charge in [0.2, 0.25) is 0 Å². The molecule has 0 aliphatic carbocycles. The monoisotopic (exact) mass is 370 g/mol. The summed E-state index contributed by atoms with van der Waals surface area (Å²) in [6.45, 7) is 0. The average molecular weight is 370 g/mol. The van der Waals surface area contributed by atoms with E-state index in [1.807, 2.05) is 42.5 Å². The zero-order chi connectivity index (χ0) is 19.3. The zero-order valence-electron chi connectivity index (χ0n) is 16.0. The zero-order valence-corrected chi connectivity index (χ0v) is 16.0. The minimum Gasteiger partial charge on any atom is -0.497 e. The maximum absolute atomic E-state index is 6.32. The molecule has 0 saturated carbocycles. The molecular weight excluding hydrogens is 348 g/mol. The largest absolute Gasteiger partial charge is 0.497 e. The minimum absolute atomic E-state index is 0.734. The Kier molecular flexibility index (Phi) is 5.16. The van der Waals surface area contributed by atoms with Crippen LogP contribution in [0.5, 0.6) is 11.5 Å². The predicted molar refractivity (Wildman–Crippen MR) is 112 cm³/mol. The standard InChI is InChI=1S/C25H22O3/c1-26-21-12-8-19(9-13-21)23-17-24(20-10-14-22(27-2)15-11-20)28-25(23)16-18-6-4-3-5-7-18/h3-15,17H,16H2,1-2H3. The third-order valence-electron chi connectivity index (χ3n) is 4.79. The maximum Gasteiger partial charge on any atom is 0.134 e. The first-order chi connectivity index (χ1) is 13.8. The summed E-state index contributed by atoms with van der Waals surface area (Å²) in [7, 11) is 3.34. The normalized spacial score (nSPS) is 10.6. The number of hydrogen-bond acceptors (Lipinski definition) is 3. The van der Waals surface area contributed by atoms with E-state index in [0.29, 0.717) is 0 Å². The molecule has 0 amide bonds. The van der Waals surface area contributed by atoms with Gasteiger partial charge in [-0.15, -0.1) is 0 Å². The van der Waals surface area contributed by atoms with Crippen LogP contribution in [0.2, 0.25) is 0 Å². The van der Waals surface area contributed by atoms with Crippen molar-refractivity contribution in [1.29, 1.82) is 0 Å². The first kappa shape index (κ1) is 17.9. The van der Waals surface area contributed by atoms with E-state index in [9.17, 15) is 0 Å². The lowest BCUT2D eigenvalue weighted by molar-refractivity contribution is 0.414. The Morgan fingerprint density at radius 1 is 0.679 bits per heavy atom. The quantitative estimate of drug-likeness (QED) is 0.404. The maximum atomic E-state index is 6.32. The van der Waals surface area contributed by atoms with Gasteiger partial charge in [-0.25, -0.2) is 0 Å². The van der Waals surface area contributed by atoms with Crippen molar-refractivity contribution in [2.75, 3.05) is 14.2 Å². The molecule has 0 unspecified atom stereocenters. The Hall–Kier alpha value is -3.46. The second-order valence-corrected chi connectivity index (χ2v) is 6.57. The van der Waals surface area contributed by atoms with Gasteiger partial charge in [0, 0.05) is 17.5 Å². The van der Waals surface area contributed by atoms with Crippen molar-refractivity contribution in [3.63, 3.8) is 0 Å². The fraction of sp³-hybridized carbons (Fsp3) is 0.120. The Balaban J connectivity index is 1.75. The number of rotatable bonds is 6. The number of benzene rings is 3. The molecule has 0 bridgehead atoms. The molecule has 3 nitrogen and oxygen atoms in total. The van der Waals surface area contributed by atoms with E-state index in [1.165, 1.54) is 5.56 Å². The topological polar surface area (TPSA) is 31.6 Å². The summed E-state index contributed by atoms with van der Waals surface area (Å²) in [5.74, 6) is 3.46. The molecule has 0 N–H and O–H groups in total. The van der Waals surface area contributed by atoms with Gasteiger partial charge in [-0.05, 0) is 53.6 Å². The van der Waals surface area contributed by atoms with Crippen LogP contribution in [-0.4, -0.2) is 14.2 Å². The highest BCUT2D eigenvalue weighted by Gasteiger charge is 2.15. The van der Waals surface area contributed by atoms with E-state index in [1.54, 1.807) is 14.2 Å². The fourth-order valence-electron chi connectivity index (χ4n) is 3.25. The second-order valence-electron chi connectivity index (χ2n) is 6.57. The molecule has 3 heteroatoms. The summed E-state index contributed by atoms with van der Waals surface area (Å²) in [5, 5.41) is 0. The number of hydrogen-bond donors (Lipinski definition) is 0. The van der Waals surface area contributed by atoms with Crippen molar-refractivity contribution in [1.82, 2.24) is 0 Å². The van der Waals surface area contributed by atoms with Gasteiger partial charge in [0.25, 0.3) is 0 Å². The van der Waals surface area contributed by atoms with Crippen LogP contribution >= 0.6 is 0 Å². The lowest BCUT2D eigenvalue weighted by atomic mass is 10.0. The van der Waals surface area contributed by atoms with Crippen molar-refractivity contribution in [3.05, 3.63) is 96.3 Å². The minimum atomic E-state index is 0.734. The molecule has 3 aromatic carbocycles. The molecule has 28 heavy (non-hydrogen) atoms. The van der Waals surface area contributed by atoms with Crippen LogP contribution in [0.4, 0.5) is 0 Å². The van der Waals surface area contributed by atoms with E-state index in [2.05, 4.69) is 42.5 Å². The molecule has 1 heterocycles. The van der Waals surface area contributed by atoms with Gasteiger partial charge in [0.1, 0.15) is 23.0 Å². The van der Waals surface area contributed by atoms with Gasteiger partial charge in [-0.1, -0.05) is 42.5 Å². The average Bonchev–Trinajstić information content (AvgIpc) is 3.18. The van der Waals surface area contributed by atoms with Crippen molar-refractivity contribution < 1.29 is 13.9 Å². The summed E-state index contributed by atoms with van der Waals surface area (Å²) >= 11 is 0. The predicted octanol–water partition coefficient (Wildman–Crippen LogP) is 6.22. The highest BCUT2D eigenvalue weighted by Crippen LogP contribution is 2.35. The van der Waals surface area contributed by atoms with Gasteiger partial charge in [0.05, 0.1) is 14.2 Å². The molecule has 0 radical (unpaired) electrons. The Labute approximate surface area is 165 Å². The summed E-state index contributed by atoms with van der Waals surface area (Å²) in [5.41, 5.74) is 4.44. The van der Waals surface area contributed by atoms with Crippen LogP contribution < -0.4 is 9.47 Å². The van der Waals surface area contributed by atoms with Gasteiger partial charge < -0.3 is 13.9 Å². The van der Waals surface area contributed by atoms with E-state index in [-0.39, 0.29) is 0 Å². The Morgan fingerprint density at radius 2 is 1.25 bits per heavy atom. The molecule has 0 saturated heterocycles. The number of ether oxygens (including phenoxy) is 2. The third-order valence-corrected chi connectivity index (χ3v) is 4.79. The van der Waals surface area contributed by atoms with Gasteiger partial charge in [0.15, 0.2) is 0 Å². The Morgan fingerprint density at radius 3 is 1.82 bits per heavy atom. The summed E-state index contributed by atoms with van der Waals surface area (Å²) in [6.07, 6.45) is 0.734. The van der Waals surface area contributed by atoms with Crippen LogP contribution in [-0.2, 0) is 6.42 Å². The molecule has 1 aromatic heterocycles. The van der Waals surface area contributed by atoms with Crippen molar-refractivity contribution in [2.45, 2.75) is 6.42 Å². The van der Waals surface area contributed by atoms with Gasteiger partial charge in [-0.2, -0.15) is 0 Å². The van der Waals surface area contributed by atoms with E-state index in [0.717, 1.165) is 46.1 Å². The molecule has 0 atom stereocenters. The summed E-state index contributed by atoms with van der Waals surface area (Å²) in [6, 6.07) is 28.5. The molecule has 0 spiro atoms. The molecule has 0 aliphatic heterocycles. The fourth-order valence-corrected chi connectivity index (χ4v) is 3.25. The highest BCUT2D eigenvalue weighted by molar-refractivity contribution is 5.73. The molecule has 4 aromatic rings. The second kappa shape index (κ2) is 8.05. The lowest BCUT2D eigenvalue weighted by Crippen LogP contribution is -1.89. The number of methoxy groups -OCH3 is 2. The van der Waals surface area contributed by atoms with Crippen molar-refractivity contribution in [2.24, 2.45) is 0 Å².